The first-order chi connectivity index (χ1) is 17.1. The van der Waals surface area contributed by atoms with Crippen molar-refractivity contribution < 1.29 is 18.4 Å². The zero-order valence-electron chi connectivity index (χ0n) is 25.6. The molecule has 4 nitrogen and oxygen atoms in total. The average Bonchev–Trinajstić information content (AvgIpc) is 3.13. The van der Waals surface area contributed by atoms with E-state index in [2.05, 4.69) is 66.1 Å². The highest BCUT2D eigenvalue weighted by molar-refractivity contribution is 6.70. The third-order valence-corrected chi connectivity index (χ3v) is 13.1. The van der Waals surface area contributed by atoms with Crippen molar-refractivity contribution in [2.45, 2.75) is 124 Å². The average molecular weight is 549 g/mol. The summed E-state index contributed by atoms with van der Waals surface area (Å²) in [6.07, 6.45) is 14.8. The van der Waals surface area contributed by atoms with Gasteiger partial charge in [-0.05, 0) is 137 Å². The highest BCUT2D eigenvalue weighted by atomic mass is 28.4. The zero-order valence-corrected chi connectivity index (χ0v) is 27.6. The molecular formula is C31H56O4Si2. The first kappa shape index (κ1) is 29.5. The van der Waals surface area contributed by atoms with E-state index in [0.717, 1.165) is 11.8 Å². The van der Waals surface area contributed by atoms with Crippen LogP contribution in [-0.2, 0) is 18.4 Å². The van der Waals surface area contributed by atoms with Gasteiger partial charge in [0.15, 0.2) is 16.6 Å². The van der Waals surface area contributed by atoms with Gasteiger partial charge in [-0.2, -0.15) is 0 Å². The fourth-order valence-electron chi connectivity index (χ4n) is 9.68. The number of rotatable bonds is 7. The van der Waals surface area contributed by atoms with Crippen molar-refractivity contribution in [1.29, 1.82) is 0 Å². The van der Waals surface area contributed by atoms with Crippen LogP contribution in [0.1, 0.15) is 72.1 Å². The van der Waals surface area contributed by atoms with Crippen molar-refractivity contribution in [2.24, 2.45) is 46.3 Å². The van der Waals surface area contributed by atoms with E-state index >= 15 is 0 Å². The molecule has 4 aliphatic carbocycles. The molecule has 0 radical (unpaired) electrons. The number of methoxy groups -OCH3 is 1. The number of hydrogen-bond donors (Lipinski definition) is 0. The molecule has 0 aromatic rings. The van der Waals surface area contributed by atoms with Gasteiger partial charge in [-0.1, -0.05) is 26.8 Å². The maximum absolute atomic E-state index is 11.8. The van der Waals surface area contributed by atoms with Crippen molar-refractivity contribution in [3.05, 3.63) is 12.2 Å². The van der Waals surface area contributed by atoms with Gasteiger partial charge >= 0.3 is 5.97 Å². The Bertz CT molecular complexity index is 860. The van der Waals surface area contributed by atoms with Gasteiger partial charge in [0, 0.05) is 18.3 Å². The standard InChI is InChI=1S/C31H56O4Si2/c1-21(11-14-28(32)33-4)24-12-13-25-29-26(16-18-31(24,25)3)30(2)17-15-23(34-36(5,6)7)19-22(30)20-27(29)35-37(8,9)10/h11,14,21-27,29H,12-13,15-20H2,1-10H3/b14-11+/t21-,22?,23?,24?,25+,26+,27?,29+,30?,31?/m1/s1. The van der Waals surface area contributed by atoms with Gasteiger partial charge in [0.25, 0.3) is 0 Å². The summed E-state index contributed by atoms with van der Waals surface area (Å²) >= 11 is 0. The molecule has 10 atom stereocenters. The zero-order chi connectivity index (χ0) is 27.4. The molecule has 4 aliphatic rings. The number of ether oxygens (including phenoxy) is 1. The SMILES string of the molecule is COC(=O)/C=C/[C@@H](C)C1CC[C@H]2[C@@H]3C(O[Si](C)(C)C)CC4CC(O[Si](C)(C)C)CCC4(C)[C@H]3CCC12C. The van der Waals surface area contributed by atoms with Crippen LogP contribution in [0.15, 0.2) is 12.2 Å². The van der Waals surface area contributed by atoms with Crippen molar-refractivity contribution in [3.63, 3.8) is 0 Å². The highest BCUT2D eigenvalue weighted by Crippen LogP contribution is 2.69. The third kappa shape index (κ3) is 6.02. The van der Waals surface area contributed by atoms with E-state index < -0.39 is 16.6 Å². The molecule has 0 aliphatic heterocycles. The molecule has 4 fully saturated rings. The maximum atomic E-state index is 11.8. The van der Waals surface area contributed by atoms with Crippen LogP contribution in [0.2, 0.25) is 39.3 Å². The topological polar surface area (TPSA) is 44.8 Å². The minimum Gasteiger partial charge on any atom is -0.466 e. The lowest BCUT2D eigenvalue weighted by molar-refractivity contribution is -0.168. The largest absolute Gasteiger partial charge is 0.466 e. The second kappa shape index (κ2) is 10.5. The van der Waals surface area contributed by atoms with Gasteiger partial charge in [-0.15, -0.1) is 0 Å². The van der Waals surface area contributed by atoms with Gasteiger partial charge in [0.1, 0.15) is 0 Å². The van der Waals surface area contributed by atoms with Crippen LogP contribution in [0.4, 0.5) is 0 Å². The molecule has 0 saturated heterocycles. The number of carbonyl (C=O) groups is 1. The molecule has 212 valence electrons. The fraction of sp³-hybridized carbons (Fsp3) is 0.903. The van der Waals surface area contributed by atoms with Crippen molar-refractivity contribution in [2.75, 3.05) is 7.11 Å². The Morgan fingerprint density at radius 3 is 2.11 bits per heavy atom. The Hall–Kier alpha value is -0.436. The number of carbonyl (C=O) groups excluding carboxylic acids is 1. The lowest BCUT2D eigenvalue weighted by Gasteiger charge is -2.64. The molecule has 0 amide bonds. The Morgan fingerprint density at radius 2 is 1.49 bits per heavy atom. The summed E-state index contributed by atoms with van der Waals surface area (Å²) in [5.41, 5.74) is 0.739. The number of hydrogen-bond acceptors (Lipinski definition) is 4. The minimum atomic E-state index is -1.68. The predicted octanol–water partition coefficient (Wildman–Crippen LogP) is 8.06. The van der Waals surface area contributed by atoms with Crippen LogP contribution in [0.5, 0.6) is 0 Å². The summed E-state index contributed by atoms with van der Waals surface area (Å²) in [6.45, 7) is 21.7. The maximum Gasteiger partial charge on any atom is 0.330 e. The Balaban J connectivity index is 1.61. The third-order valence-electron chi connectivity index (χ3n) is 11.1. The van der Waals surface area contributed by atoms with Gasteiger partial charge < -0.3 is 13.6 Å². The molecular weight excluding hydrogens is 493 g/mol. The second-order valence-corrected chi connectivity index (χ2v) is 24.5. The molecule has 0 spiro atoms. The van der Waals surface area contributed by atoms with Crippen LogP contribution in [-0.4, -0.2) is 41.9 Å². The van der Waals surface area contributed by atoms with E-state index in [1.165, 1.54) is 58.5 Å². The van der Waals surface area contributed by atoms with Crippen LogP contribution >= 0.6 is 0 Å². The summed E-state index contributed by atoms with van der Waals surface area (Å²) in [6, 6.07) is 0. The second-order valence-electron chi connectivity index (χ2n) is 15.6. The number of fused-ring (bicyclic) bond motifs is 5. The van der Waals surface area contributed by atoms with Crippen LogP contribution in [0.3, 0.4) is 0 Å². The van der Waals surface area contributed by atoms with Crippen LogP contribution in [0.25, 0.3) is 0 Å². The monoisotopic (exact) mass is 548 g/mol. The first-order valence-electron chi connectivity index (χ1n) is 15.2. The normalized spacial score (nSPS) is 43.1. The summed E-state index contributed by atoms with van der Waals surface area (Å²) in [7, 11) is -1.75. The van der Waals surface area contributed by atoms with Gasteiger partial charge in [0.05, 0.1) is 7.11 Å². The molecule has 0 bridgehead atoms. The summed E-state index contributed by atoms with van der Waals surface area (Å²) in [5.74, 6) is 3.65. The molecule has 0 aromatic carbocycles. The van der Waals surface area contributed by atoms with Gasteiger partial charge in [-0.25, -0.2) is 4.79 Å². The summed E-state index contributed by atoms with van der Waals surface area (Å²) in [5, 5.41) is 0. The molecule has 0 heterocycles. The van der Waals surface area contributed by atoms with Crippen molar-refractivity contribution >= 4 is 22.6 Å². The fourth-order valence-corrected chi connectivity index (χ4v) is 12.1. The lowest BCUT2D eigenvalue weighted by atomic mass is 9.43. The summed E-state index contributed by atoms with van der Waals surface area (Å²) < 4.78 is 18.7. The minimum absolute atomic E-state index is 0.237. The van der Waals surface area contributed by atoms with E-state index in [9.17, 15) is 4.79 Å². The Labute approximate surface area is 229 Å². The van der Waals surface area contributed by atoms with Crippen LogP contribution < -0.4 is 0 Å². The first-order valence-corrected chi connectivity index (χ1v) is 22.0. The quantitative estimate of drug-likeness (QED) is 0.183. The smallest absolute Gasteiger partial charge is 0.330 e. The van der Waals surface area contributed by atoms with Gasteiger partial charge in [-0.3, -0.25) is 0 Å². The van der Waals surface area contributed by atoms with Crippen molar-refractivity contribution in [3.8, 4) is 0 Å². The molecule has 6 heteroatoms. The van der Waals surface area contributed by atoms with E-state index in [4.69, 9.17) is 13.6 Å². The molecule has 37 heavy (non-hydrogen) atoms. The molecule has 4 saturated carbocycles. The molecule has 0 aromatic heterocycles. The van der Waals surface area contributed by atoms with E-state index in [1.807, 2.05) is 0 Å². The van der Waals surface area contributed by atoms with E-state index in [1.54, 1.807) is 6.08 Å². The summed E-state index contributed by atoms with van der Waals surface area (Å²) in [4.78, 5) is 11.8. The van der Waals surface area contributed by atoms with E-state index in [0.29, 0.717) is 46.7 Å². The number of allylic oxidation sites excluding steroid dienone is 1. The molecule has 4 rings (SSSR count). The molecule has 6 unspecified atom stereocenters. The predicted molar refractivity (Wildman–Crippen MR) is 157 cm³/mol. The Morgan fingerprint density at radius 1 is 0.865 bits per heavy atom. The van der Waals surface area contributed by atoms with Crippen LogP contribution in [0, 0.1) is 46.3 Å². The number of esters is 1. The molecule has 0 N–H and O–H groups in total. The van der Waals surface area contributed by atoms with E-state index in [-0.39, 0.29) is 5.97 Å². The Kier molecular flexibility index (Phi) is 8.40. The van der Waals surface area contributed by atoms with Crippen molar-refractivity contribution in [1.82, 2.24) is 0 Å². The highest BCUT2D eigenvalue weighted by Gasteiger charge is 2.63. The van der Waals surface area contributed by atoms with Gasteiger partial charge in [0.2, 0.25) is 0 Å². The lowest BCUT2D eigenvalue weighted by Crippen LogP contribution is -2.60.